The van der Waals surface area contributed by atoms with Crippen LogP contribution in [0.4, 0.5) is 8.78 Å². The van der Waals surface area contributed by atoms with E-state index in [9.17, 15) is 13.6 Å². The Kier molecular flexibility index (Phi) is 3.56. The van der Waals surface area contributed by atoms with E-state index >= 15 is 0 Å². The summed E-state index contributed by atoms with van der Waals surface area (Å²) in [6, 6.07) is 1.53. The zero-order valence-electron chi connectivity index (χ0n) is 8.14. The van der Waals surface area contributed by atoms with Crippen molar-refractivity contribution >= 4 is 5.91 Å². The molecular formula is C9H9F2NO3. The second-order valence-corrected chi connectivity index (χ2v) is 2.60. The first-order chi connectivity index (χ1) is 7.10. The van der Waals surface area contributed by atoms with Crippen LogP contribution < -0.4 is 10.2 Å². The average Bonchev–Trinajstić information content (AvgIpc) is 2.21. The number of hydrogen-bond donors (Lipinski definition) is 1. The smallest absolute Gasteiger partial charge is 0.277 e. The molecule has 0 unspecified atom stereocenters. The van der Waals surface area contributed by atoms with Crippen LogP contribution in [-0.4, -0.2) is 20.1 Å². The SMILES string of the molecule is CONC(=O)c1cc(F)c(OC)cc1F. The zero-order valence-corrected chi connectivity index (χ0v) is 8.14. The first kappa shape index (κ1) is 11.4. The van der Waals surface area contributed by atoms with Gasteiger partial charge in [0.15, 0.2) is 11.6 Å². The van der Waals surface area contributed by atoms with Gasteiger partial charge in [-0.1, -0.05) is 0 Å². The number of amides is 1. The summed E-state index contributed by atoms with van der Waals surface area (Å²) in [6.07, 6.45) is 0. The van der Waals surface area contributed by atoms with Crippen LogP contribution in [0.5, 0.6) is 5.75 Å². The second-order valence-electron chi connectivity index (χ2n) is 2.60. The maximum Gasteiger partial charge on any atom is 0.277 e. The third-order valence-electron chi connectivity index (χ3n) is 1.68. The molecule has 0 saturated heterocycles. The Morgan fingerprint density at radius 2 is 1.93 bits per heavy atom. The number of ether oxygens (including phenoxy) is 1. The van der Waals surface area contributed by atoms with E-state index < -0.39 is 23.1 Å². The largest absolute Gasteiger partial charge is 0.494 e. The van der Waals surface area contributed by atoms with Crippen LogP contribution in [0.3, 0.4) is 0 Å². The summed E-state index contributed by atoms with van der Waals surface area (Å²) in [5.41, 5.74) is 1.43. The van der Waals surface area contributed by atoms with Gasteiger partial charge in [0.25, 0.3) is 5.91 Å². The summed E-state index contributed by atoms with van der Waals surface area (Å²) in [6.45, 7) is 0. The van der Waals surface area contributed by atoms with Gasteiger partial charge in [-0.25, -0.2) is 14.3 Å². The number of rotatable bonds is 3. The standard InChI is InChI=1S/C9H9F2NO3/c1-14-8-4-6(10)5(3-7(8)11)9(13)12-15-2/h3-4H,1-2H3,(H,12,13). The number of carbonyl (C=O) groups is 1. The lowest BCUT2D eigenvalue weighted by atomic mass is 10.2. The minimum atomic E-state index is -0.886. The minimum Gasteiger partial charge on any atom is -0.494 e. The van der Waals surface area contributed by atoms with Crippen LogP contribution in [-0.2, 0) is 4.84 Å². The molecule has 1 amide bonds. The third kappa shape index (κ3) is 2.41. The van der Waals surface area contributed by atoms with Gasteiger partial charge in [-0.15, -0.1) is 0 Å². The molecule has 0 aliphatic heterocycles. The number of methoxy groups -OCH3 is 1. The quantitative estimate of drug-likeness (QED) is 0.775. The van der Waals surface area contributed by atoms with Crippen molar-refractivity contribution < 1.29 is 23.1 Å². The predicted octanol–water partition coefficient (Wildman–Crippen LogP) is 1.26. The average molecular weight is 217 g/mol. The van der Waals surface area contributed by atoms with E-state index in [-0.39, 0.29) is 5.75 Å². The lowest BCUT2D eigenvalue weighted by Gasteiger charge is -2.06. The maximum atomic E-state index is 13.2. The molecule has 0 heterocycles. The first-order valence-corrected chi connectivity index (χ1v) is 3.96. The number of hydrogen-bond acceptors (Lipinski definition) is 3. The predicted molar refractivity (Wildman–Crippen MR) is 47.4 cm³/mol. The highest BCUT2D eigenvalue weighted by Crippen LogP contribution is 2.21. The van der Waals surface area contributed by atoms with Crippen LogP contribution in [0, 0.1) is 11.6 Å². The molecule has 0 atom stereocenters. The lowest BCUT2D eigenvalue weighted by molar-refractivity contribution is 0.0533. The monoisotopic (exact) mass is 217 g/mol. The van der Waals surface area contributed by atoms with Gasteiger partial charge in [0.1, 0.15) is 5.82 Å². The number of nitrogens with one attached hydrogen (secondary N) is 1. The lowest BCUT2D eigenvalue weighted by Crippen LogP contribution is -2.23. The highest BCUT2D eigenvalue weighted by Gasteiger charge is 2.16. The van der Waals surface area contributed by atoms with Crippen molar-refractivity contribution in [3.63, 3.8) is 0 Å². The van der Waals surface area contributed by atoms with Gasteiger partial charge in [-0.2, -0.15) is 0 Å². The third-order valence-corrected chi connectivity index (χ3v) is 1.68. The molecule has 1 aromatic carbocycles. The number of halogens is 2. The Morgan fingerprint density at radius 1 is 1.27 bits per heavy atom. The minimum absolute atomic E-state index is 0.263. The molecule has 4 nitrogen and oxygen atoms in total. The van der Waals surface area contributed by atoms with E-state index in [1.54, 1.807) is 0 Å². The van der Waals surface area contributed by atoms with Gasteiger partial charge in [-0.05, 0) is 6.07 Å². The summed E-state index contributed by atoms with van der Waals surface area (Å²) >= 11 is 0. The van der Waals surface area contributed by atoms with Crippen molar-refractivity contribution in [2.24, 2.45) is 0 Å². The molecule has 15 heavy (non-hydrogen) atoms. The van der Waals surface area contributed by atoms with Crippen LogP contribution in [0.2, 0.25) is 0 Å². The second kappa shape index (κ2) is 4.70. The Balaban J connectivity index is 3.10. The van der Waals surface area contributed by atoms with E-state index in [1.165, 1.54) is 14.2 Å². The number of hydroxylamine groups is 1. The fourth-order valence-electron chi connectivity index (χ4n) is 1.01. The Labute approximate surface area is 84.7 Å². The topological polar surface area (TPSA) is 47.6 Å². The molecule has 0 aliphatic rings. The highest BCUT2D eigenvalue weighted by molar-refractivity contribution is 5.93. The molecular weight excluding hydrogens is 208 g/mol. The van der Waals surface area contributed by atoms with Gasteiger partial charge >= 0.3 is 0 Å². The van der Waals surface area contributed by atoms with Crippen molar-refractivity contribution in [2.45, 2.75) is 0 Å². The van der Waals surface area contributed by atoms with Crippen molar-refractivity contribution in [1.29, 1.82) is 0 Å². The van der Waals surface area contributed by atoms with Gasteiger partial charge in [0.2, 0.25) is 0 Å². The molecule has 0 fully saturated rings. The fraction of sp³-hybridized carbons (Fsp3) is 0.222. The molecule has 1 rings (SSSR count). The van der Waals surface area contributed by atoms with Gasteiger partial charge in [0.05, 0.1) is 19.8 Å². The Morgan fingerprint density at radius 3 is 2.47 bits per heavy atom. The summed E-state index contributed by atoms with van der Waals surface area (Å²) in [7, 11) is 2.39. The summed E-state index contributed by atoms with van der Waals surface area (Å²) in [4.78, 5) is 15.4. The maximum absolute atomic E-state index is 13.2. The van der Waals surface area contributed by atoms with E-state index in [0.717, 1.165) is 12.1 Å². The van der Waals surface area contributed by atoms with Crippen LogP contribution in [0.15, 0.2) is 12.1 Å². The summed E-state index contributed by atoms with van der Waals surface area (Å²) in [5, 5.41) is 0. The molecule has 1 aromatic rings. The molecule has 0 radical (unpaired) electrons. The van der Waals surface area contributed by atoms with Gasteiger partial charge in [0, 0.05) is 6.07 Å². The van der Waals surface area contributed by atoms with E-state index in [1.807, 2.05) is 5.48 Å². The van der Waals surface area contributed by atoms with Crippen LogP contribution in [0.1, 0.15) is 10.4 Å². The van der Waals surface area contributed by atoms with Crippen molar-refractivity contribution in [2.75, 3.05) is 14.2 Å². The van der Waals surface area contributed by atoms with E-state index in [0.29, 0.717) is 0 Å². The van der Waals surface area contributed by atoms with Crippen molar-refractivity contribution in [1.82, 2.24) is 5.48 Å². The molecule has 0 spiro atoms. The number of benzene rings is 1. The van der Waals surface area contributed by atoms with Crippen LogP contribution >= 0.6 is 0 Å². The molecule has 82 valence electrons. The van der Waals surface area contributed by atoms with Crippen molar-refractivity contribution in [3.05, 3.63) is 29.3 Å². The molecule has 1 N–H and O–H groups in total. The molecule has 0 aromatic heterocycles. The van der Waals surface area contributed by atoms with Gasteiger partial charge < -0.3 is 4.74 Å². The highest BCUT2D eigenvalue weighted by atomic mass is 19.1. The number of carbonyl (C=O) groups excluding carboxylic acids is 1. The van der Waals surface area contributed by atoms with E-state index in [4.69, 9.17) is 0 Å². The molecule has 0 aliphatic carbocycles. The van der Waals surface area contributed by atoms with Gasteiger partial charge in [-0.3, -0.25) is 9.63 Å². The first-order valence-electron chi connectivity index (χ1n) is 3.96. The fourth-order valence-corrected chi connectivity index (χ4v) is 1.01. The van der Waals surface area contributed by atoms with E-state index in [2.05, 4.69) is 9.57 Å². The molecule has 6 heteroatoms. The van der Waals surface area contributed by atoms with Crippen molar-refractivity contribution in [3.8, 4) is 5.75 Å². The van der Waals surface area contributed by atoms with Crippen LogP contribution in [0.25, 0.3) is 0 Å². The normalized spacial score (nSPS) is 9.87. The zero-order chi connectivity index (χ0) is 11.4. The Bertz CT molecular complexity index is 382. The summed E-state index contributed by atoms with van der Waals surface area (Å²) in [5.74, 6) is -2.83. The molecule has 0 bridgehead atoms. The Hall–Kier alpha value is -1.69. The molecule has 0 saturated carbocycles. The summed E-state index contributed by atoms with van der Waals surface area (Å²) < 4.78 is 30.9.